The second-order valence-electron chi connectivity index (χ2n) is 3.77. The van der Waals surface area contributed by atoms with Gasteiger partial charge in [-0.05, 0) is 25.0 Å². The second-order valence-corrected chi connectivity index (χ2v) is 3.77. The quantitative estimate of drug-likeness (QED) is 0.645. The first-order chi connectivity index (χ1) is 8.44. The van der Waals surface area contributed by atoms with Crippen LogP contribution in [0, 0.1) is 17.1 Å². The lowest BCUT2D eigenvalue weighted by atomic mass is 10.1. The average Bonchev–Trinajstić information content (AvgIpc) is 2.27. The molecule has 0 aliphatic heterocycles. The van der Waals surface area contributed by atoms with Gasteiger partial charge < -0.3 is 5.32 Å². The molecule has 0 atom stereocenters. The molecule has 1 rings (SSSR count). The average molecular weight is 260 g/mol. The molecule has 1 aromatic carbocycles. The number of nitriles is 1. The highest BCUT2D eigenvalue weighted by molar-refractivity contribution is 5.57. The minimum absolute atomic E-state index is 0.00764. The summed E-state index contributed by atoms with van der Waals surface area (Å²) in [5.74, 6) is -0.641. The molecule has 1 aromatic rings. The molecular weight excluding hydrogens is 248 g/mol. The number of anilines is 1. The van der Waals surface area contributed by atoms with E-state index in [0.717, 1.165) is 6.07 Å². The van der Waals surface area contributed by atoms with Crippen molar-refractivity contribution in [3.63, 3.8) is 0 Å². The highest BCUT2D eigenvalue weighted by atomic mass is 19.4. The Labute approximate surface area is 102 Å². The van der Waals surface area contributed by atoms with Crippen LogP contribution in [0.4, 0.5) is 23.2 Å². The minimum atomic E-state index is -4.14. The van der Waals surface area contributed by atoms with Crippen LogP contribution in [0.25, 0.3) is 0 Å². The molecule has 18 heavy (non-hydrogen) atoms. The van der Waals surface area contributed by atoms with E-state index in [4.69, 9.17) is 5.26 Å². The zero-order valence-electron chi connectivity index (χ0n) is 9.52. The topological polar surface area (TPSA) is 35.8 Å². The van der Waals surface area contributed by atoms with Crippen molar-refractivity contribution >= 4 is 5.69 Å². The number of halogens is 4. The summed E-state index contributed by atoms with van der Waals surface area (Å²) in [5.41, 5.74) is 0.192. The first-order valence-corrected chi connectivity index (χ1v) is 5.43. The van der Waals surface area contributed by atoms with Gasteiger partial charge in [0, 0.05) is 13.0 Å². The lowest BCUT2D eigenvalue weighted by Crippen LogP contribution is -2.09. The Kier molecular flexibility index (Phi) is 4.95. The molecule has 0 saturated heterocycles. The van der Waals surface area contributed by atoms with Gasteiger partial charge in [0.15, 0.2) is 0 Å². The summed E-state index contributed by atoms with van der Waals surface area (Å²) in [6.07, 6.45) is -4.66. The van der Waals surface area contributed by atoms with Crippen LogP contribution < -0.4 is 5.32 Å². The van der Waals surface area contributed by atoms with Crippen LogP contribution in [-0.2, 0) is 0 Å². The molecule has 0 fully saturated rings. The van der Waals surface area contributed by atoms with Crippen LogP contribution in [0.15, 0.2) is 18.2 Å². The number of unbranched alkanes of at least 4 members (excludes halogenated alkanes) is 1. The largest absolute Gasteiger partial charge is 0.389 e. The summed E-state index contributed by atoms with van der Waals surface area (Å²) in [6.45, 7) is 0.272. The van der Waals surface area contributed by atoms with E-state index in [1.807, 2.05) is 0 Å². The summed E-state index contributed by atoms with van der Waals surface area (Å²) >= 11 is 0. The van der Waals surface area contributed by atoms with Gasteiger partial charge in [-0.25, -0.2) is 4.39 Å². The number of hydrogen-bond donors (Lipinski definition) is 1. The highest BCUT2D eigenvalue weighted by Crippen LogP contribution is 2.22. The molecule has 0 aliphatic rings. The van der Waals surface area contributed by atoms with Crippen molar-refractivity contribution in [3.8, 4) is 6.07 Å². The van der Waals surface area contributed by atoms with Gasteiger partial charge >= 0.3 is 6.18 Å². The van der Waals surface area contributed by atoms with Crippen LogP contribution in [0.5, 0.6) is 0 Å². The predicted octanol–water partition coefficient (Wildman–Crippen LogP) is 3.84. The third-order valence-electron chi connectivity index (χ3n) is 2.33. The van der Waals surface area contributed by atoms with Gasteiger partial charge in [0.05, 0.1) is 5.69 Å². The van der Waals surface area contributed by atoms with Crippen molar-refractivity contribution in [2.75, 3.05) is 11.9 Å². The molecule has 0 heterocycles. The Morgan fingerprint density at radius 3 is 2.56 bits per heavy atom. The molecule has 0 aromatic heterocycles. The summed E-state index contributed by atoms with van der Waals surface area (Å²) in [7, 11) is 0. The smallest absolute Gasteiger partial charge is 0.384 e. The Hall–Kier alpha value is -1.77. The monoisotopic (exact) mass is 260 g/mol. The van der Waals surface area contributed by atoms with Gasteiger partial charge in [0.2, 0.25) is 0 Å². The molecule has 0 aliphatic carbocycles. The fourth-order valence-electron chi connectivity index (χ4n) is 1.46. The zero-order valence-corrected chi connectivity index (χ0v) is 9.52. The lowest BCUT2D eigenvalue weighted by Gasteiger charge is -2.09. The highest BCUT2D eigenvalue weighted by Gasteiger charge is 2.25. The van der Waals surface area contributed by atoms with E-state index >= 15 is 0 Å². The van der Waals surface area contributed by atoms with E-state index in [1.165, 1.54) is 12.1 Å². The van der Waals surface area contributed by atoms with E-state index in [0.29, 0.717) is 12.1 Å². The predicted molar refractivity (Wildman–Crippen MR) is 59.5 cm³/mol. The van der Waals surface area contributed by atoms with Crippen molar-refractivity contribution in [2.24, 2.45) is 0 Å². The summed E-state index contributed by atoms with van der Waals surface area (Å²) in [5, 5.41) is 11.5. The van der Waals surface area contributed by atoms with Crippen molar-refractivity contribution in [2.45, 2.75) is 25.4 Å². The summed E-state index contributed by atoms with van der Waals surface area (Å²) in [4.78, 5) is 0. The molecule has 6 heteroatoms. The van der Waals surface area contributed by atoms with Gasteiger partial charge in [0.1, 0.15) is 17.4 Å². The maximum atomic E-state index is 13.2. The van der Waals surface area contributed by atoms with Crippen LogP contribution in [0.3, 0.4) is 0 Å². The fourth-order valence-corrected chi connectivity index (χ4v) is 1.46. The zero-order chi connectivity index (χ0) is 13.6. The maximum Gasteiger partial charge on any atom is 0.389 e. The molecule has 0 bridgehead atoms. The number of nitrogens with zero attached hydrogens (tertiary/aromatic N) is 1. The normalized spacial score (nSPS) is 11.1. The molecule has 0 amide bonds. The van der Waals surface area contributed by atoms with E-state index in [-0.39, 0.29) is 18.5 Å². The number of hydrogen-bond acceptors (Lipinski definition) is 2. The molecule has 0 radical (unpaired) electrons. The van der Waals surface area contributed by atoms with Gasteiger partial charge in [-0.1, -0.05) is 6.07 Å². The summed E-state index contributed by atoms with van der Waals surface area (Å²) < 4.78 is 48.8. The molecular formula is C12H12F4N2. The van der Waals surface area contributed by atoms with Crippen molar-refractivity contribution in [1.82, 2.24) is 0 Å². The third kappa shape index (κ3) is 4.62. The SMILES string of the molecule is N#Cc1c(F)cccc1NCCCCC(F)(F)F. The lowest BCUT2D eigenvalue weighted by molar-refractivity contribution is -0.135. The van der Waals surface area contributed by atoms with Crippen LogP contribution in [0.1, 0.15) is 24.8 Å². The van der Waals surface area contributed by atoms with Crippen molar-refractivity contribution in [3.05, 3.63) is 29.6 Å². The van der Waals surface area contributed by atoms with Crippen LogP contribution in [0.2, 0.25) is 0 Å². The van der Waals surface area contributed by atoms with Gasteiger partial charge in [0.25, 0.3) is 0 Å². The third-order valence-corrected chi connectivity index (χ3v) is 2.33. The van der Waals surface area contributed by atoms with Crippen molar-refractivity contribution in [1.29, 1.82) is 5.26 Å². The number of rotatable bonds is 5. The molecule has 1 N–H and O–H groups in total. The van der Waals surface area contributed by atoms with Crippen LogP contribution >= 0.6 is 0 Å². The Balaban J connectivity index is 2.41. The van der Waals surface area contributed by atoms with Crippen LogP contribution in [-0.4, -0.2) is 12.7 Å². The molecule has 0 unspecified atom stereocenters. The standard InChI is InChI=1S/C12H12F4N2/c13-10-4-3-5-11(9(10)8-17)18-7-2-1-6-12(14,15)16/h3-5,18H,1-2,6-7H2. The van der Waals surface area contributed by atoms with Gasteiger partial charge in [-0.3, -0.25) is 0 Å². The number of benzene rings is 1. The molecule has 0 spiro atoms. The molecule has 98 valence electrons. The van der Waals surface area contributed by atoms with E-state index in [1.54, 1.807) is 6.07 Å². The van der Waals surface area contributed by atoms with E-state index in [9.17, 15) is 17.6 Å². The molecule has 2 nitrogen and oxygen atoms in total. The summed E-state index contributed by atoms with van der Waals surface area (Å²) in [6, 6.07) is 5.83. The van der Waals surface area contributed by atoms with E-state index in [2.05, 4.69) is 5.32 Å². The van der Waals surface area contributed by atoms with E-state index < -0.39 is 18.4 Å². The van der Waals surface area contributed by atoms with Crippen molar-refractivity contribution < 1.29 is 17.6 Å². The number of nitrogens with one attached hydrogen (secondary N) is 1. The Morgan fingerprint density at radius 1 is 1.22 bits per heavy atom. The first-order valence-electron chi connectivity index (χ1n) is 5.43. The fraction of sp³-hybridized carbons (Fsp3) is 0.417. The van der Waals surface area contributed by atoms with Gasteiger partial charge in [-0.2, -0.15) is 18.4 Å². The number of alkyl halides is 3. The second kappa shape index (κ2) is 6.24. The minimum Gasteiger partial charge on any atom is -0.384 e. The Morgan fingerprint density at radius 2 is 1.94 bits per heavy atom. The Bertz CT molecular complexity index is 435. The van der Waals surface area contributed by atoms with Gasteiger partial charge in [-0.15, -0.1) is 0 Å². The first kappa shape index (κ1) is 14.3. The maximum absolute atomic E-state index is 13.2. The molecule has 0 saturated carbocycles.